The largest absolute Gasteiger partial charge is 0.351 e. The first-order valence-electron chi connectivity index (χ1n) is 9.18. The van der Waals surface area contributed by atoms with Crippen molar-refractivity contribution in [2.75, 3.05) is 31.7 Å². The minimum Gasteiger partial charge on any atom is -0.351 e. The molecule has 1 unspecified atom stereocenters. The molecule has 150 valence electrons. The molecule has 2 aromatic carbocycles. The Morgan fingerprint density at radius 3 is 2.50 bits per heavy atom. The first kappa shape index (κ1) is 21.9. The number of quaternary nitrogens is 1. The number of carbonyl (C=O) groups is 2. The zero-order chi connectivity index (χ0) is 20.5. The summed E-state index contributed by atoms with van der Waals surface area (Å²) in [6.45, 7) is 2.45. The summed E-state index contributed by atoms with van der Waals surface area (Å²) in [4.78, 5) is 26.5. The summed E-state index contributed by atoms with van der Waals surface area (Å²) in [6.07, 6.45) is 2.59. The van der Waals surface area contributed by atoms with Crippen LogP contribution in [0.1, 0.15) is 12.5 Å². The van der Waals surface area contributed by atoms with Gasteiger partial charge in [0.2, 0.25) is 0 Å². The summed E-state index contributed by atoms with van der Waals surface area (Å²) in [5.74, 6) is -0.521. The molecular formula is C21H27FN3O2S+. The van der Waals surface area contributed by atoms with E-state index in [2.05, 4.69) is 10.6 Å². The maximum absolute atomic E-state index is 12.9. The van der Waals surface area contributed by atoms with Crippen LogP contribution < -0.4 is 15.5 Å². The van der Waals surface area contributed by atoms with Gasteiger partial charge < -0.3 is 15.5 Å². The van der Waals surface area contributed by atoms with E-state index in [0.717, 1.165) is 21.0 Å². The molecule has 0 spiro atoms. The van der Waals surface area contributed by atoms with Crippen molar-refractivity contribution in [2.45, 2.75) is 24.3 Å². The molecule has 0 saturated heterocycles. The zero-order valence-electron chi connectivity index (χ0n) is 16.4. The van der Waals surface area contributed by atoms with Gasteiger partial charge in [-0.25, -0.2) is 4.39 Å². The van der Waals surface area contributed by atoms with E-state index in [1.807, 2.05) is 37.6 Å². The monoisotopic (exact) mass is 404 g/mol. The van der Waals surface area contributed by atoms with Gasteiger partial charge in [-0.05, 0) is 49.4 Å². The smallest absolute Gasteiger partial charge is 0.279 e. The minimum atomic E-state index is -0.366. The number of likely N-dealkylation sites (N-methyl/N-ethyl adjacent to an activating group) is 1. The fraction of sp³-hybridized carbons (Fsp3) is 0.333. The van der Waals surface area contributed by atoms with E-state index < -0.39 is 0 Å². The van der Waals surface area contributed by atoms with Crippen molar-refractivity contribution in [3.63, 3.8) is 0 Å². The first-order chi connectivity index (χ1) is 13.4. The fourth-order valence-electron chi connectivity index (χ4n) is 2.71. The standard InChI is InChI=1S/C21H26FN3O2S/c1-15(21(27)23-13-12-16-8-10-17(22)11-9-16)25(2)14-20(26)24-18-6-4-5-7-19(18)28-3/h4-11,15H,12-14H2,1-3H3,(H,23,27)(H,24,26)/p+1/t15-/m1/s1. The molecule has 0 fully saturated rings. The molecule has 2 rings (SSSR count). The van der Waals surface area contributed by atoms with Crippen LogP contribution in [0.4, 0.5) is 10.1 Å². The van der Waals surface area contributed by atoms with Crippen LogP contribution in [0.15, 0.2) is 53.4 Å². The Balaban J connectivity index is 1.78. The molecule has 0 bridgehead atoms. The molecule has 0 radical (unpaired) electrons. The predicted octanol–water partition coefficient (Wildman–Crippen LogP) is 1.75. The van der Waals surface area contributed by atoms with Gasteiger partial charge in [0.15, 0.2) is 12.6 Å². The molecular weight excluding hydrogens is 377 g/mol. The van der Waals surface area contributed by atoms with Crippen molar-refractivity contribution < 1.29 is 18.9 Å². The van der Waals surface area contributed by atoms with Gasteiger partial charge in [-0.15, -0.1) is 11.8 Å². The van der Waals surface area contributed by atoms with Crippen molar-refractivity contribution in [2.24, 2.45) is 0 Å². The van der Waals surface area contributed by atoms with Gasteiger partial charge in [-0.1, -0.05) is 24.3 Å². The second kappa shape index (κ2) is 10.8. The van der Waals surface area contributed by atoms with Gasteiger partial charge in [0, 0.05) is 11.4 Å². The molecule has 3 N–H and O–H groups in total. The van der Waals surface area contributed by atoms with Crippen LogP contribution >= 0.6 is 11.8 Å². The molecule has 5 nitrogen and oxygen atoms in total. The van der Waals surface area contributed by atoms with Gasteiger partial charge >= 0.3 is 0 Å². The van der Waals surface area contributed by atoms with Crippen LogP contribution in [0.5, 0.6) is 0 Å². The van der Waals surface area contributed by atoms with E-state index in [-0.39, 0.29) is 30.2 Å². The van der Waals surface area contributed by atoms with Crippen molar-refractivity contribution in [1.29, 1.82) is 0 Å². The lowest BCUT2D eigenvalue weighted by atomic mass is 10.1. The second-order valence-electron chi connectivity index (χ2n) is 6.66. The van der Waals surface area contributed by atoms with E-state index in [9.17, 15) is 14.0 Å². The summed E-state index contributed by atoms with van der Waals surface area (Å²) in [5, 5.41) is 5.79. The van der Waals surface area contributed by atoms with Gasteiger partial charge in [0.1, 0.15) is 5.82 Å². The molecule has 7 heteroatoms. The number of amides is 2. The Morgan fingerprint density at radius 1 is 1.14 bits per heavy atom. The van der Waals surface area contributed by atoms with E-state index in [1.54, 1.807) is 30.8 Å². The number of benzene rings is 2. The van der Waals surface area contributed by atoms with Crippen molar-refractivity contribution in [3.05, 3.63) is 59.9 Å². The third-order valence-electron chi connectivity index (χ3n) is 4.58. The van der Waals surface area contributed by atoms with E-state index in [4.69, 9.17) is 0 Å². The molecule has 0 saturated carbocycles. The highest BCUT2D eigenvalue weighted by atomic mass is 32.2. The predicted molar refractivity (Wildman–Crippen MR) is 111 cm³/mol. The number of hydrogen-bond donors (Lipinski definition) is 3. The highest BCUT2D eigenvalue weighted by Crippen LogP contribution is 2.24. The van der Waals surface area contributed by atoms with Crippen LogP contribution in [0.2, 0.25) is 0 Å². The lowest BCUT2D eigenvalue weighted by molar-refractivity contribution is -0.885. The number of nitrogens with one attached hydrogen (secondary N) is 3. The van der Waals surface area contributed by atoms with Crippen LogP contribution in [-0.2, 0) is 16.0 Å². The lowest BCUT2D eigenvalue weighted by Gasteiger charge is -2.21. The number of anilines is 1. The fourth-order valence-corrected chi connectivity index (χ4v) is 3.26. The molecule has 0 heterocycles. The Labute approximate surface area is 169 Å². The summed E-state index contributed by atoms with van der Waals surface area (Å²) in [5.41, 5.74) is 1.74. The lowest BCUT2D eigenvalue weighted by Crippen LogP contribution is -3.15. The third kappa shape index (κ3) is 6.65. The molecule has 28 heavy (non-hydrogen) atoms. The average Bonchev–Trinajstić information content (AvgIpc) is 2.69. The Hall–Kier alpha value is -2.38. The maximum Gasteiger partial charge on any atom is 0.279 e. The summed E-state index contributed by atoms with van der Waals surface area (Å²) < 4.78 is 12.9. The number of halogens is 1. The number of para-hydroxylation sites is 1. The molecule has 2 atom stereocenters. The van der Waals surface area contributed by atoms with Crippen LogP contribution in [0.3, 0.4) is 0 Å². The third-order valence-corrected chi connectivity index (χ3v) is 5.37. The number of carbonyl (C=O) groups excluding carboxylic acids is 2. The Bertz CT molecular complexity index is 798. The second-order valence-corrected chi connectivity index (χ2v) is 7.51. The van der Waals surface area contributed by atoms with Crippen LogP contribution in [0, 0.1) is 5.82 Å². The first-order valence-corrected chi connectivity index (χ1v) is 10.4. The van der Waals surface area contributed by atoms with Gasteiger partial charge in [-0.3, -0.25) is 9.59 Å². The molecule has 0 aliphatic carbocycles. The molecule has 2 aromatic rings. The summed E-state index contributed by atoms with van der Waals surface area (Å²) >= 11 is 1.57. The van der Waals surface area contributed by atoms with Crippen molar-refractivity contribution in [3.8, 4) is 0 Å². The van der Waals surface area contributed by atoms with Crippen LogP contribution in [-0.4, -0.2) is 44.2 Å². The summed E-state index contributed by atoms with van der Waals surface area (Å²) in [6, 6.07) is 13.5. The zero-order valence-corrected chi connectivity index (χ0v) is 17.2. The van der Waals surface area contributed by atoms with Gasteiger partial charge in [0.25, 0.3) is 11.8 Å². The molecule has 0 aromatic heterocycles. The van der Waals surface area contributed by atoms with Gasteiger partial charge in [0.05, 0.1) is 12.7 Å². The van der Waals surface area contributed by atoms with E-state index >= 15 is 0 Å². The van der Waals surface area contributed by atoms with Crippen molar-refractivity contribution >= 4 is 29.3 Å². The molecule has 2 amide bonds. The van der Waals surface area contributed by atoms with Gasteiger partial charge in [-0.2, -0.15) is 0 Å². The van der Waals surface area contributed by atoms with Crippen molar-refractivity contribution in [1.82, 2.24) is 5.32 Å². The molecule has 0 aliphatic rings. The quantitative estimate of drug-likeness (QED) is 0.558. The van der Waals surface area contributed by atoms with Crippen LogP contribution in [0.25, 0.3) is 0 Å². The van der Waals surface area contributed by atoms with E-state index in [0.29, 0.717) is 13.0 Å². The highest BCUT2D eigenvalue weighted by molar-refractivity contribution is 7.98. The summed E-state index contributed by atoms with van der Waals surface area (Å²) in [7, 11) is 1.82. The highest BCUT2D eigenvalue weighted by Gasteiger charge is 2.23. The SMILES string of the molecule is CSc1ccccc1NC(=O)C[NH+](C)[C@H](C)C(=O)NCCc1ccc(F)cc1. The minimum absolute atomic E-state index is 0.114. The van der Waals surface area contributed by atoms with E-state index in [1.165, 1.54) is 12.1 Å². The molecule has 0 aliphatic heterocycles. The average molecular weight is 405 g/mol. The normalized spacial score (nSPS) is 12.9. The maximum atomic E-state index is 12.9. The number of thioether (sulfide) groups is 1. The Morgan fingerprint density at radius 2 is 1.82 bits per heavy atom. The topological polar surface area (TPSA) is 62.6 Å². The number of hydrogen-bond acceptors (Lipinski definition) is 3. The number of rotatable bonds is 9. The Kier molecular flexibility index (Phi) is 8.47.